The molecule has 0 bridgehead atoms. The molecule has 31 heavy (non-hydrogen) atoms. The highest BCUT2D eigenvalue weighted by Crippen LogP contribution is 2.34. The summed E-state index contributed by atoms with van der Waals surface area (Å²) in [6.45, 7) is 2.61. The molecule has 0 saturated heterocycles. The van der Waals surface area contributed by atoms with Crippen LogP contribution in [0.1, 0.15) is 12.6 Å². The summed E-state index contributed by atoms with van der Waals surface area (Å²) in [6.07, 6.45) is 12.1. The molecule has 160 valence electrons. The molecule has 1 aliphatic rings. The molecule has 1 aliphatic carbocycles. The quantitative estimate of drug-likeness (QED) is 0.581. The molecule has 0 saturated carbocycles. The number of amides is 1. The summed E-state index contributed by atoms with van der Waals surface area (Å²) < 4.78 is 30.3. The van der Waals surface area contributed by atoms with Crippen LogP contribution in [0.2, 0.25) is 0 Å². The summed E-state index contributed by atoms with van der Waals surface area (Å²) in [5, 5.41) is 12.2. The number of hydrogen-bond donors (Lipinski definition) is 0. The largest absolute Gasteiger partial charge is 0.342 e. The van der Waals surface area contributed by atoms with Crippen LogP contribution in [0.15, 0.2) is 67.3 Å². The normalized spacial score (nSPS) is 20.2. The Labute approximate surface area is 177 Å². The Morgan fingerprint density at radius 1 is 1.23 bits per heavy atom. The van der Waals surface area contributed by atoms with Gasteiger partial charge in [0, 0.05) is 25.7 Å². The first-order valence-electron chi connectivity index (χ1n) is 9.88. The highest BCUT2D eigenvalue weighted by molar-refractivity contribution is 5.82. The molecule has 0 N–H and O–H groups in total. The molecule has 3 aromatic rings. The first-order chi connectivity index (χ1) is 15.0. The van der Waals surface area contributed by atoms with Crippen LogP contribution < -0.4 is 0 Å². The lowest BCUT2D eigenvalue weighted by molar-refractivity contribution is -0.140. The fraction of sp³-hybridized carbons (Fsp3) is 0.286. The van der Waals surface area contributed by atoms with Crippen molar-refractivity contribution in [1.29, 1.82) is 0 Å². The number of carbonyl (C=O) groups excluding carboxylic acids is 1. The van der Waals surface area contributed by atoms with Gasteiger partial charge in [-0.25, -0.2) is 18.4 Å². The van der Waals surface area contributed by atoms with E-state index in [1.54, 1.807) is 29.3 Å². The summed E-state index contributed by atoms with van der Waals surface area (Å²) in [4.78, 5) is 19.7. The Bertz CT molecular complexity index is 1090. The number of nitrogens with zero attached hydrogens (tertiary/aromatic N) is 7. The molecule has 1 amide bonds. The average Bonchev–Trinajstić information content (AvgIpc) is 3.48. The van der Waals surface area contributed by atoms with E-state index in [9.17, 15) is 9.18 Å². The molecule has 10 heteroatoms. The Kier molecular flexibility index (Phi) is 5.70. The van der Waals surface area contributed by atoms with Gasteiger partial charge in [0.2, 0.25) is 5.91 Å². The molecular formula is C21H21F2N7O. The third-order valence-electron chi connectivity index (χ3n) is 5.09. The highest BCUT2D eigenvalue weighted by atomic mass is 19.1. The predicted octanol–water partition coefficient (Wildman–Crippen LogP) is 2.45. The molecule has 0 aromatic carbocycles. The van der Waals surface area contributed by atoms with Gasteiger partial charge in [-0.2, -0.15) is 15.3 Å². The average molecular weight is 425 g/mol. The fourth-order valence-corrected chi connectivity index (χ4v) is 3.44. The van der Waals surface area contributed by atoms with Crippen LogP contribution >= 0.6 is 0 Å². The molecule has 2 atom stereocenters. The maximum absolute atomic E-state index is 15.7. The smallest absolute Gasteiger partial charge is 0.253 e. The summed E-state index contributed by atoms with van der Waals surface area (Å²) in [6, 6.07) is 4.64. The minimum absolute atomic E-state index is 0.359. The van der Waals surface area contributed by atoms with E-state index in [4.69, 9.17) is 0 Å². The van der Waals surface area contributed by atoms with Crippen molar-refractivity contribution in [2.24, 2.45) is 5.92 Å². The first kappa shape index (κ1) is 20.6. The molecule has 0 fully saturated rings. The third kappa shape index (κ3) is 4.14. The zero-order chi connectivity index (χ0) is 21.8. The number of carbonyl (C=O) groups is 1. The van der Waals surface area contributed by atoms with E-state index < -0.39 is 17.5 Å². The zero-order valence-corrected chi connectivity index (χ0v) is 16.8. The van der Waals surface area contributed by atoms with Crippen LogP contribution in [0.25, 0.3) is 5.82 Å². The first-order valence-corrected chi connectivity index (χ1v) is 9.88. The Balaban J connectivity index is 1.46. The predicted molar refractivity (Wildman–Crippen MR) is 108 cm³/mol. The molecule has 2 unspecified atom stereocenters. The molecule has 0 spiro atoms. The lowest BCUT2D eigenvalue weighted by Gasteiger charge is -2.33. The van der Waals surface area contributed by atoms with Crippen molar-refractivity contribution < 1.29 is 13.6 Å². The molecule has 0 aliphatic heterocycles. The molecule has 0 radical (unpaired) electrons. The van der Waals surface area contributed by atoms with Crippen molar-refractivity contribution in [3.05, 3.63) is 78.8 Å². The van der Waals surface area contributed by atoms with Gasteiger partial charge in [0.25, 0.3) is 5.79 Å². The van der Waals surface area contributed by atoms with E-state index in [1.807, 2.05) is 6.92 Å². The van der Waals surface area contributed by atoms with Gasteiger partial charge in [-0.3, -0.25) is 4.79 Å². The fourth-order valence-electron chi connectivity index (χ4n) is 3.44. The maximum Gasteiger partial charge on any atom is 0.253 e. The summed E-state index contributed by atoms with van der Waals surface area (Å²) in [5.41, 5.74) is 0.733. The molecule has 3 aromatic heterocycles. The number of halogens is 2. The van der Waals surface area contributed by atoms with Crippen molar-refractivity contribution in [2.75, 3.05) is 13.1 Å². The van der Waals surface area contributed by atoms with E-state index in [2.05, 4.69) is 20.3 Å². The van der Waals surface area contributed by atoms with E-state index in [0.717, 1.165) is 16.7 Å². The second kappa shape index (κ2) is 8.58. The van der Waals surface area contributed by atoms with Gasteiger partial charge in [0.15, 0.2) is 5.82 Å². The van der Waals surface area contributed by atoms with Crippen LogP contribution in [-0.4, -0.2) is 53.7 Å². The van der Waals surface area contributed by atoms with Crippen LogP contribution in [0.4, 0.5) is 8.78 Å². The number of hydrogen-bond acceptors (Lipinski definition) is 5. The standard InChI is InChI=1S/C21H21F2N7O/c1-2-28(13-8-17-9-14-29(27-17)19-7-6-16(22)15-24-19)20(31)18-5-3-4-10-21(18,23)30-25-11-12-26-30/h3-7,9-12,14-15,18H,2,8,13H2,1H3. The highest BCUT2D eigenvalue weighted by Gasteiger charge is 2.46. The molecule has 8 nitrogen and oxygen atoms in total. The Morgan fingerprint density at radius 3 is 2.74 bits per heavy atom. The minimum Gasteiger partial charge on any atom is -0.342 e. The van der Waals surface area contributed by atoms with Crippen LogP contribution in [0.3, 0.4) is 0 Å². The van der Waals surface area contributed by atoms with E-state index in [0.29, 0.717) is 25.3 Å². The van der Waals surface area contributed by atoms with Gasteiger partial charge in [0.05, 0.1) is 24.3 Å². The van der Waals surface area contributed by atoms with Gasteiger partial charge in [0.1, 0.15) is 11.7 Å². The summed E-state index contributed by atoms with van der Waals surface area (Å²) >= 11 is 0. The Hall–Kier alpha value is -3.69. The summed E-state index contributed by atoms with van der Waals surface area (Å²) in [5.74, 6) is -3.54. The monoisotopic (exact) mass is 425 g/mol. The Morgan fingerprint density at radius 2 is 2.03 bits per heavy atom. The van der Waals surface area contributed by atoms with Crippen molar-refractivity contribution in [1.82, 2.24) is 34.7 Å². The van der Waals surface area contributed by atoms with E-state index in [1.165, 1.54) is 41.4 Å². The van der Waals surface area contributed by atoms with Gasteiger partial charge in [-0.15, -0.1) is 4.80 Å². The van der Waals surface area contributed by atoms with Crippen molar-refractivity contribution in [3.8, 4) is 5.82 Å². The number of allylic oxidation sites excluding steroid dienone is 3. The SMILES string of the molecule is CCN(CCc1ccn(-c2ccc(F)cn2)n1)C(=O)C1C=CC=CC1(F)n1nccn1. The topological polar surface area (TPSA) is 81.7 Å². The van der Waals surface area contributed by atoms with Crippen molar-refractivity contribution in [3.63, 3.8) is 0 Å². The number of pyridine rings is 1. The van der Waals surface area contributed by atoms with Gasteiger partial charge in [-0.05, 0) is 31.2 Å². The number of alkyl halides is 1. The number of rotatable bonds is 7. The maximum atomic E-state index is 15.7. The summed E-state index contributed by atoms with van der Waals surface area (Å²) in [7, 11) is 0. The second-order valence-electron chi connectivity index (χ2n) is 7.02. The molecule has 4 rings (SSSR count). The van der Waals surface area contributed by atoms with Gasteiger partial charge in [-0.1, -0.05) is 18.2 Å². The van der Waals surface area contributed by atoms with Crippen molar-refractivity contribution >= 4 is 5.91 Å². The van der Waals surface area contributed by atoms with E-state index in [-0.39, 0.29) is 5.91 Å². The van der Waals surface area contributed by atoms with Crippen LogP contribution in [0, 0.1) is 11.7 Å². The van der Waals surface area contributed by atoms with Gasteiger partial charge >= 0.3 is 0 Å². The van der Waals surface area contributed by atoms with Crippen molar-refractivity contribution in [2.45, 2.75) is 19.1 Å². The number of likely N-dealkylation sites (N-methyl/N-ethyl adjacent to an activating group) is 1. The minimum atomic E-state index is -2.17. The lowest BCUT2D eigenvalue weighted by atomic mass is 9.91. The lowest BCUT2D eigenvalue weighted by Crippen LogP contribution is -2.47. The molecular weight excluding hydrogens is 404 g/mol. The van der Waals surface area contributed by atoms with Crippen LogP contribution in [0.5, 0.6) is 0 Å². The number of aromatic nitrogens is 6. The van der Waals surface area contributed by atoms with E-state index >= 15 is 4.39 Å². The second-order valence-corrected chi connectivity index (χ2v) is 7.02. The molecule has 3 heterocycles. The van der Waals surface area contributed by atoms with Crippen LogP contribution in [-0.2, 0) is 17.0 Å². The van der Waals surface area contributed by atoms with Gasteiger partial charge < -0.3 is 4.90 Å². The zero-order valence-electron chi connectivity index (χ0n) is 16.8. The third-order valence-corrected chi connectivity index (χ3v) is 5.09.